The van der Waals surface area contributed by atoms with Crippen molar-refractivity contribution in [2.24, 2.45) is 0 Å². The van der Waals surface area contributed by atoms with E-state index in [1.165, 1.54) is 72.1 Å². The quantitative estimate of drug-likeness (QED) is 0.296. The molecule has 0 bridgehead atoms. The lowest BCUT2D eigenvalue weighted by atomic mass is 9.97. The summed E-state index contributed by atoms with van der Waals surface area (Å²) in [6, 6.07) is 31.1. The Balaban J connectivity index is 0.000000455. The van der Waals surface area contributed by atoms with E-state index in [1.54, 1.807) is 0 Å². The van der Waals surface area contributed by atoms with E-state index < -0.39 is 11.9 Å². The molecule has 3 aromatic carbocycles. The molecule has 6 heteroatoms. The molecule has 1 aliphatic heterocycles. The van der Waals surface area contributed by atoms with Gasteiger partial charge in [-0.25, -0.2) is 9.59 Å². The lowest BCUT2D eigenvalue weighted by Crippen LogP contribution is -2.32. The molecule has 0 amide bonds. The van der Waals surface area contributed by atoms with Crippen molar-refractivity contribution in [3.05, 3.63) is 96.1 Å². The first-order valence-corrected chi connectivity index (χ1v) is 12.4. The van der Waals surface area contributed by atoms with Crippen LogP contribution in [0.1, 0.15) is 30.4 Å². The van der Waals surface area contributed by atoms with Gasteiger partial charge in [0.25, 0.3) is 0 Å². The van der Waals surface area contributed by atoms with Crippen molar-refractivity contribution in [1.29, 1.82) is 0 Å². The maximum absolute atomic E-state index is 9.10. The lowest BCUT2D eigenvalue weighted by molar-refractivity contribution is -0.159. The minimum Gasteiger partial charge on any atom is -0.473 e. The second-order valence-electron chi connectivity index (χ2n) is 9.13. The highest BCUT2D eigenvalue weighted by atomic mass is 16.4. The van der Waals surface area contributed by atoms with Crippen LogP contribution in [0.3, 0.4) is 0 Å². The highest BCUT2D eigenvalue weighted by Gasteiger charge is 2.26. The minimum absolute atomic E-state index is 0.641. The van der Waals surface area contributed by atoms with Gasteiger partial charge in [-0.15, -0.1) is 0 Å². The van der Waals surface area contributed by atoms with Crippen LogP contribution in [0.25, 0.3) is 22.2 Å². The van der Waals surface area contributed by atoms with Crippen LogP contribution in [0.2, 0.25) is 0 Å². The number of aryl methyl sites for hydroxylation is 1. The number of fused-ring (bicyclic) bond motifs is 1. The molecule has 4 aromatic rings. The lowest BCUT2D eigenvalue weighted by Gasteiger charge is -2.25. The van der Waals surface area contributed by atoms with Gasteiger partial charge in [-0.1, -0.05) is 78.9 Å². The topological polar surface area (TPSA) is 93.6 Å². The van der Waals surface area contributed by atoms with Crippen molar-refractivity contribution < 1.29 is 19.8 Å². The molecule has 1 fully saturated rings. The molecule has 1 aliphatic rings. The number of nitrogens with zero attached hydrogens (tertiary/aromatic N) is 1. The third-order valence-electron chi connectivity index (χ3n) is 6.75. The number of nitrogens with one attached hydrogen (secondary N) is 1. The van der Waals surface area contributed by atoms with Crippen molar-refractivity contribution in [3.63, 3.8) is 0 Å². The summed E-state index contributed by atoms with van der Waals surface area (Å²) in [7, 11) is 0. The molecule has 1 saturated heterocycles. The third kappa shape index (κ3) is 6.40. The van der Waals surface area contributed by atoms with Crippen molar-refractivity contribution >= 4 is 22.8 Å². The second-order valence-corrected chi connectivity index (χ2v) is 9.13. The van der Waals surface area contributed by atoms with E-state index in [0.717, 1.165) is 6.42 Å². The molecular formula is C30H32N2O4. The standard InChI is InChI=1S/C28H30N2.C2H2O4/c1-3-11-22(12-4-1)13-9-19-30-20-10-16-24(30)21-26-25-17-7-8-18-27(25)29-28(26)23-14-5-2-6-15-23;3-1(4)2(5)6/h1-8,11-12,14-15,17-18,24,29H,9-10,13,16,19-21H2;(H,3,4)(H,5,6)/t24-;/m1./s1. The van der Waals surface area contributed by atoms with Crippen molar-refractivity contribution in [1.82, 2.24) is 9.88 Å². The van der Waals surface area contributed by atoms with E-state index in [2.05, 4.69) is 94.8 Å². The first-order valence-electron chi connectivity index (χ1n) is 12.4. The Labute approximate surface area is 211 Å². The number of para-hydroxylation sites is 1. The van der Waals surface area contributed by atoms with E-state index in [0.29, 0.717) is 6.04 Å². The molecule has 0 saturated carbocycles. The zero-order chi connectivity index (χ0) is 25.3. The van der Waals surface area contributed by atoms with E-state index in [9.17, 15) is 0 Å². The van der Waals surface area contributed by atoms with Crippen molar-refractivity contribution in [2.45, 2.75) is 38.1 Å². The van der Waals surface area contributed by atoms with Gasteiger partial charge in [0.2, 0.25) is 0 Å². The normalized spacial score (nSPS) is 15.4. The van der Waals surface area contributed by atoms with Crippen LogP contribution in [0, 0.1) is 0 Å². The summed E-state index contributed by atoms with van der Waals surface area (Å²) >= 11 is 0. The molecule has 6 nitrogen and oxygen atoms in total. The Bertz CT molecular complexity index is 1270. The Morgan fingerprint density at radius 2 is 1.50 bits per heavy atom. The molecule has 186 valence electrons. The summed E-state index contributed by atoms with van der Waals surface area (Å²) in [5.41, 5.74) is 6.78. The van der Waals surface area contributed by atoms with E-state index in [1.807, 2.05) is 0 Å². The first-order chi connectivity index (χ1) is 17.5. The van der Waals surface area contributed by atoms with Gasteiger partial charge in [-0.05, 0) is 68.0 Å². The number of aromatic nitrogens is 1. The smallest absolute Gasteiger partial charge is 0.414 e. The molecule has 0 radical (unpaired) electrons. The van der Waals surface area contributed by atoms with Crippen LogP contribution in [-0.4, -0.2) is 51.2 Å². The van der Waals surface area contributed by atoms with Crippen molar-refractivity contribution in [2.75, 3.05) is 13.1 Å². The average Bonchev–Trinajstić information content (AvgIpc) is 3.50. The van der Waals surface area contributed by atoms with Gasteiger partial charge >= 0.3 is 11.9 Å². The van der Waals surface area contributed by atoms with Crippen LogP contribution in [-0.2, 0) is 22.4 Å². The number of hydrogen-bond acceptors (Lipinski definition) is 3. The van der Waals surface area contributed by atoms with Gasteiger partial charge in [-0.2, -0.15) is 0 Å². The van der Waals surface area contributed by atoms with Gasteiger partial charge in [-0.3, -0.25) is 0 Å². The van der Waals surface area contributed by atoms with Gasteiger partial charge in [0.1, 0.15) is 0 Å². The zero-order valence-corrected chi connectivity index (χ0v) is 20.3. The van der Waals surface area contributed by atoms with Gasteiger partial charge in [0, 0.05) is 22.6 Å². The number of H-pyrrole nitrogens is 1. The third-order valence-corrected chi connectivity index (χ3v) is 6.75. The first kappa shape index (κ1) is 25.2. The van der Waals surface area contributed by atoms with Gasteiger partial charge < -0.3 is 20.1 Å². The van der Waals surface area contributed by atoms with Crippen LogP contribution >= 0.6 is 0 Å². The molecule has 0 unspecified atom stereocenters. The number of rotatable bonds is 7. The highest BCUT2D eigenvalue weighted by molar-refractivity contribution is 6.27. The molecule has 5 rings (SSSR count). The molecule has 0 spiro atoms. The maximum atomic E-state index is 9.10. The van der Waals surface area contributed by atoms with E-state index in [-0.39, 0.29) is 0 Å². The molecule has 36 heavy (non-hydrogen) atoms. The number of carbonyl (C=O) groups is 2. The Kier molecular flexibility index (Phi) is 8.53. The second kappa shape index (κ2) is 12.2. The van der Waals surface area contributed by atoms with E-state index in [4.69, 9.17) is 19.8 Å². The highest BCUT2D eigenvalue weighted by Crippen LogP contribution is 2.33. The molecule has 2 heterocycles. The number of benzene rings is 3. The summed E-state index contributed by atoms with van der Waals surface area (Å²) in [5.74, 6) is -3.65. The summed E-state index contributed by atoms with van der Waals surface area (Å²) in [6.45, 7) is 2.44. The van der Waals surface area contributed by atoms with Crippen LogP contribution < -0.4 is 0 Å². The van der Waals surface area contributed by atoms with Gasteiger partial charge in [0.05, 0.1) is 0 Å². The predicted octanol–water partition coefficient (Wildman–Crippen LogP) is 5.63. The average molecular weight is 485 g/mol. The number of carboxylic acid groups (broad SMARTS) is 2. The Morgan fingerprint density at radius 3 is 2.19 bits per heavy atom. The monoisotopic (exact) mass is 484 g/mol. The van der Waals surface area contributed by atoms with Crippen LogP contribution in [0.15, 0.2) is 84.9 Å². The maximum Gasteiger partial charge on any atom is 0.414 e. The summed E-state index contributed by atoms with van der Waals surface area (Å²) in [6.07, 6.45) is 6.16. The number of aliphatic carboxylic acids is 2. The van der Waals surface area contributed by atoms with E-state index >= 15 is 0 Å². The molecule has 1 atom stereocenters. The molecule has 0 aliphatic carbocycles. The van der Waals surface area contributed by atoms with Gasteiger partial charge in [0.15, 0.2) is 0 Å². The SMILES string of the molecule is O=C(O)C(=O)O.c1ccc(CCCN2CCC[C@@H]2Cc2c(-c3ccccc3)[nH]c3ccccc23)cc1. The fourth-order valence-electron chi connectivity index (χ4n) is 5.05. The summed E-state index contributed by atoms with van der Waals surface area (Å²) in [4.78, 5) is 24.7. The summed E-state index contributed by atoms with van der Waals surface area (Å²) in [5, 5.41) is 16.2. The number of carboxylic acids is 2. The Morgan fingerprint density at radius 1 is 0.861 bits per heavy atom. The minimum atomic E-state index is -1.82. The molecular weight excluding hydrogens is 452 g/mol. The summed E-state index contributed by atoms with van der Waals surface area (Å²) < 4.78 is 0. The number of hydrogen-bond donors (Lipinski definition) is 3. The van der Waals surface area contributed by atoms with Crippen LogP contribution in [0.4, 0.5) is 0 Å². The fraction of sp³-hybridized carbons (Fsp3) is 0.267. The largest absolute Gasteiger partial charge is 0.473 e. The fourth-order valence-corrected chi connectivity index (χ4v) is 5.05. The number of likely N-dealkylation sites (tertiary alicyclic amines) is 1. The van der Waals surface area contributed by atoms with Crippen LogP contribution in [0.5, 0.6) is 0 Å². The zero-order valence-electron chi connectivity index (χ0n) is 20.3. The number of aromatic amines is 1. The molecule has 1 aromatic heterocycles. The predicted molar refractivity (Wildman–Crippen MR) is 142 cm³/mol. The molecule has 3 N–H and O–H groups in total. The Hall–Kier alpha value is -3.90. The van der Waals surface area contributed by atoms with Crippen molar-refractivity contribution in [3.8, 4) is 11.3 Å².